The molecule has 0 N–H and O–H groups in total. The number of benzene rings is 3. The second-order valence-corrected chi connectivity index (χ2v) is 6.51. The molecule has 0 amide bonds. The SMILES string of the molecule is COc1ccc2c(c1)CC[C@@H](c1ccccc1)[C@@H]2c1ccccc1. The predicted molar refractivity (Wildman–Crippen MR) is 98.8 cm³/mol. The maximum absolute atomic E-state index is 5.43. The Morgan fingerprint density at radius 2 is 1.46 bits per heavy atom. The number of methoxy groups -OCH3 is 1. The summed E-state index contributed by atoms with van der Waals surface area (Å²) in [4.78, 5) is 0. The van der Waals surface area contributed by atoms with E-state index in [1.165, 1.54) is 28.7 Å². The molecule has 2 atom stereocenters. The number of rotatable bonds is 3. The van der Waals surface area contributed by atoms with E-state index >= 15 is 0 Å². The highest BCUT2D eigenvalue weighted by Crippen LogP contribution is 2.46. The van der Waals surface area contributed by atoms with Gasteiger partial charge in [0.05, 0.1) is 7.11 Å². The van der Waals surface area contributed by atoms with Crippen molar-refractivity contribution in [1.29, 1.82) is 0 Å². The number of ether oxygens (including phenoxy) is 1. The fourth-order valence-corrected chi connectivity index (χ4v) is 4.06. The fourth-order valence-electron chi connectivity index (χ4n) is 4.06. The van der Waals surface area contributed by atoms with E-state index in [0.717, 1.165) is 12.2 Å². The maximum Gasteiger partial charge on any atom is 0.119 e. The molecule has 0 heterocycles. The Morgan fingerprint density at radius 3 is 2.12 bits per heavy atom. The van der Waals surface area contributed by atoms with Gasteiger partial charge in [-0.2, -0.15) is 0 Å². The summed E-state index contributed by atoms with van der Waals surface area (Å²) >= 11 is 0. The zero-order chi connectivity index (χ0) is 16.4. The fraction of sp³-hybridized carbons (Fsp3) is 0.217. The third-order valence-electron chi connectivity index (χ3n) is 5.20. The largest absolute Gasteiger partial charge is 0.497 e. The average Bonchev–Trinajstić information content (AvgIpc) is 2.68. The van der Waals surface area contributed by atoms with Crippen LogP contribution in [0.15, 0.2) is 78.9 Å². The molecule has 1 nitrogen and oxygen atoms in total. The van der Waals surface area contributed by atoms with E-state index in [-0.39, 0.29) is 0 Å². The lowest BCUT2D eigenvalue weighted by atomic mass is 9.69. The molecular weight excluding hydrogens is 292 g/mol. The molecule has 0 unspecified atom stereocenters. The van der Waals surface area contributed by atoms with Crippen LogP contribution in [-0.2, 0) is 6.42 Å². The monoisotopic (exact) mass is 314 g/mol. The number of hydrogen-bond acceptors (Lipinski definition) is 1. The molecule has 0 saturated heterocycles. The molecule has 24 heavy (non-hydrogen) atoms. The first-order valence-corrected chi connectivity index (χ1v) is 8.63. The van der Waals surface area contributed by atoms with Crippen molar-refractivity contribution in [2.45, 2.75) is 24.7 Å². The van der Waals surface area contributed by atoms with Crippen LogP contribution in [-0.4, -0.2) is 7.11 Å². The average molecular weight is 314 g/mol. The Morgan fingerprint density at radius 1 is 0.792 bits per heavy atom. The molecule has 0 saturated carbocycles. The summed E-state index contributed by atoms with van der Waals surface area (Å²) in [6.45, 7) is 0. The second-order valence-electron chi connectivity index (χ2n) is 6.51. The van der Waals surface area contributed by atoms with Crippen molar-refractivity contribution in [3.05, 3.63) is 101 Å². The van der Waals surface area contributed by atoms with Gasteiger partial charge in [0.25, 0.3) is 0 Å². The van der Waals surface area contributed by atoms with Crippen molar-refractivity contribution in [2.75, 3.05) is 7.11 Å². The predicted octanol–water partition coefficient (Wildman–Crippen LogP) is 5.56. The van der Waals surface area contributed by atoms with Crippen LogP contribution in [0.3, 0.4) is 0 Å². The van der Waals surface area contributed by atoms with Gasteiger partial charge in [0, 0.05) is 5.92 Å². The highest BCUT2D eigenvalue weighted by molar-refractivity contribution is 5.47. The Hall–Kier alpha value is -2.54. The molecule has 3 aromatic rings. The van der Waals surface area contributed by atoms with E-state index in [4.69, 9.17) is 4.74 Å². The lowest BCUT2D eigenvalue weighted by Gasteiger charge is -2.35. The molecular formula is C23H22O. The Balaban J connectivity index is 1.84. The molecule has 3 aromatic carbocycles. The molecule has 0 aliphatic heterocycles. The quantitative estimate of drug-likeness (QED) is 0.615. The van der Waals surface area contributed by atoms with Gasteiger partial charge in [-0.3, -0.25) is 0 Å². The molecule has 0 radical (unpaired) electrons. The van der Waals surface area contributed by atoms with Crippen LogP contribution in [0, 0.1) is 0 Å². The summed E-state index contributed by atoms with van der Waals surface area (Å²) in [6.07, 6.45) is 2.28. The highest BCUT2D eigenvalue weighted by Gasteiger charge is 2.31. The molecule has 120 valence electrons. The first-order chi connectivity index (χ1) is 11.9. The van der Waals surface area contributed by atoms with Crippen molar-refractivity contribution in [3.8, 4) is 5.75 Å². The van der Waals surface area contributed by atoms with Crippen molar-refractivity contribution >= 4 is 0 Å². The molecule has 1 aliphatic carbocycles. The topological polar surface area (TPSA) is 9.23 Å². The molecule has 1 aliphatic rings. The van der Waals surface area contributed by atoms with Crippen LogP contribution < -0.4 is 4.74 Å². The van der Waals surface area contributed by atoms with E-state index in [1.54, 1.807) is 7.11 Å². The lowest BCUT2D eigenvalue weighted by molar-refractivity contribution is 0.412. The molecule has 0 aromatic heterocycles. The zero-order valence-electron chi connectivity index (χ0n) is 14.0. The third-order valence-corrected chi connectivity index (χ3v) is 5.20. The van der Waals surface area contributed by atoms with Crippen LogP contribution in [0.2, 0.25) is 0 Å². The van der Waals surface area contributed by atoms with Crippen LogP contribution in [0.25, 0.3) is 0 Å². The van der Waals surface area contributed by atoms with Crippen molar-refractivity contribution in [1.82, 2.24) is 0 Å². The van der Waals surface area contributed by atoms with Crippen LogP contribution in [0.5, 0.6) is 5.75 Å². The summed E-state index contributed by atoms with van der Waals surface area (Å²) in [5.74, 6) is 1.89. The number of aryl methyl sites for hydroxylation is 1. The highest BCUT2D eigenvalue weighted by atomic mass is 16.5. The van der Waals surface area contributed by atoms with Gasteiger partial charge in [-0.15, -0.1) is 0 Å². The van der Waals surface area contributed by atoms with E-state index in [1.807, 2.05) is 0 Å². The lowest BCUT2D eigenvalue weighted by Crippen LogP contribution is -2.20. The van der Waals surface area contributed by atoms with Crippen molar-refractivity contribution in [2.24, 2.45) is 0 Å². The first kappa shape index (κ1) is 15.0. The Kier molecular flexibility index (Phi) is 4.08. The van der Waals surface area contributed by atoms with E-state index in [2.05, 4.69) is 78.9 Å². The number of hydrogen-bond donors (Lipinski definition) is 0. The normalized spacial score (nSPS) is 19.5. The minimum Gasteiger partial charge on any atom is -0.497 e. The van der Waals surface area contributed by atoms with Gasteiger partial charge in [-0.05, 0) is 53.1 Å². The van der Waals surface area contributed by atoms with Gasteiger partial charge in [0.15, 0.2) is 0 Å². The maximum atomic E-state index is 5.43. The van der Waals surface area contributed by atoms with E-state index < -0.39 is 0 Å². The molecule has 0 spiro atoms. The van der Waals surface area contributed by atoms with Crippen LogP contribution in [0.1, 0.15) is 40.5 Å². The molecule has 0 fully saturated rings. The summed E-state index contributed by atoms with van der Waals surface area (Å²) in [6, 6.07) is 28.5. The summed E-state index contributed by atoms with van der Waals surface area (Å²) in [5, 5.41) is 0. The molecule has 4 rings (SSSR count). The van der Waals surface area contributed by atoms with E-state index in [9.17, 15) is 0 Å². The third kappa shape index (κ3) is 2.71. The summed E-state index contributed by atoms with van der Waals surface area (Å²) in [7, 11) is 1.74. The Labute approximate surface area is 143 Å². The van der Waals surface area contributed by atoms with Crippen LogP contribution >= 0.6 is 0 Å². The van der Waals surface area contributed by atoms with Gasteiger partial charge >= 0.3 is 0 Å². The van der Waals surface area contributed by atoms with Gasteiger partial charge in [-0.25, -0.2) is 0 Å². The first-order valence-electron chi connectivity index (χ1n) is 8.63. The molecule has 0 bridgehead atoms. The van der Waals surface area contributed by atoms with Crippen molar-refractivity contribution < 1.29 is 4.74 Å². The minimum atomic E-state index is 0.406. The minimum absolute atomic E-state index is 0.406. The zero-order valence-corrected chi connectivity index (χ0v) is 14.0. The second kappa shape index (κ2) is 6.52. The number of fused-ring (bicyclic) bond motifs is 1. The summed E-state index contributed by atoms with van der Waals surface area (Å²) in [5.41, 5.74) is 5.71. The van der Waals surface area contributed by atoms with Gasteiger partial charge < -0.3 is 4.74 Å². The van der Waals surface area contributed by atoms with E-state index in [0.29, 0.717) is 11.8 Å². The van der Waals surface area contributed by atoms with Gasteiger partial charge in [0.2, 0.25) is 0 Å². The summed E-state index contributed by atoms with van der Waals surface area (Å²) < 4.78 is 5.43. The molecule has 1 heteroatoms. The van der Waals surface area contributed by atoms with Crippen molar-refractivity contribution in [3.63, 3.8) is 0 Å². The van der Waals surface area contributed by atoms with Gasteiger partial charge in [-0.1, -0.05) is 66.7 Å². The Bertz CT molecular complexity index is 808. The standard InChI is InChI=1S/C23H22O/c1-24-20-13-15-22-19(16-20)12-14-21(17-8-4-2-5-9-17)23(22)18-10-6-3-7-11-18/h2-11,13,15-16,21,23H,12,14H2,1H3/t21-,23-/m0/s1. The van der Waals surface area contributed by atoms with Gasteiger partial charge in [0.1, 0.15) is 5.75 Å². The van der Waals surface area contributed by atoms with Crippen LogP contribution in [0.4, 0.5) is 0 Å². The smallest absolute Gasteiger partial charge is 0.119 e.